The highest BCUT2D eigenvalue weighted by atomic mass is 32.1. The minimum atomic E-state index is -0.821. The molecule has 0 radical (unpaired) electrons. The fourth-order valence-electron chi connectivity index (χ4n) is 1.06. The summed E-state index contributed by atoms with van der Waals surface area (Å²) in [5.74, 6) is -0.821. The van der Waals surface area contributed by atoms with E-state index < -0.39 is 5.97 Å². The van der Waals surface area contributed by atoms with Gasteiger partial charge in [-0.05, 0) is 6.92 Å². The van der Waals surface area contributed by atoms with Gasteiger partial charge in [-0.2, -0.15) is 0 Å². The molecule has 0 unspecified atom stereocenters. The maximum Gasteiger partial charge on any atom is 0.309 e. The number of thiazole rings is 1. The second-order valence-corrected chi connectivity index (χ2v) is 5.55. The number of rotatable bonds is 2. The molecular weight excluding hydrogens is 198 g/mol. The molecule has 0 aliphatic carbocycles. The van der Waals surface area contributed by atoms with Crippen LogP contribution in [-0.4, -0.2) is 16.1 Å². The van der Waals surface area contributed by atoms with Crippen molar-refractivity contribution < 1.29 is 9.90 Å². The van der Waals surface area contributed by atoms with Gasteiger partial charge in [-0.3, -0.25) is 4.79 Å². The predicted molar refractivity (Wildman–Crippen MR) is 56.9 cm³/mol. The van der Waals surface area contributed by atoms with Crippen molar-refractivity contribution >= 4 is 17.3 Å². The molecule has 0 spiro atoms. The van der Waals surface area contributed by atoms with Crippen LogP contribution in [0.15, 0.2) is 0 Å². The molecule has 1 aromatic rings. The van der Waals surface area contributed by atoms with Crippen LogP contribution in [0.1, 0.15) is 36.3 Å². The molecule has 14 heavy (non-hydrogen) atoms. The first-order chi connectivity index (χ1) is 6.30. The second-order valence-electron chi connectivity index (χ2n) is 4.34. The van der Waals surface area contributed by atoms with Crippen molar-refractivity contribution in [2.75, 3.05) is 0 Å². The van der Waals surface area contributed by atoms with Crippen LogP contribution in [0.4, 0.5) is 0 Å². The van der Waals surface area contributed by atoms with Crippen LogP contribution in [0, 0.1) is 6.92 Å². The summed E-state index contributed by atoms with van der Waals surface area (Å²) in [5.41, 5.74) is 0.707. The summed E-state index contributed by atoms with van der Waals surface area (Å²) in [7, 11) is 0. The fourth-order valence-corrected chi connectivity index (χ4v) is 2.04. The Morgan fingerprint density at radius 3 is 2.43 bits per heavy atom. The molecule has 0 saturated carbocycles. The zero-order chi connectivity index (χ0) is 10.9. The van der Waals surface area contributed by atoms with Crippen molar-refractivity contribution in [3.8, 4) is 0 Å². The van der Waals surface area contributed by atoms with E-state index in [-0.39, 0.29) is 11.8 Å². The van der Waals surface area contributed by atoms with Crippen LogP contribution in [0.3, 0.4) is 0 Å². The van der Waals surface area contributed by atoms with E-state index in [9.17, 15) is 4.79 Å². The molecule has 1 heterocycles. The standard InChI is InChI=1S/C10H15NO2S/c1-6-7(5-8(12)13)11-9(14-6)10(2,3)4/h5H2,1-4H3,(H,12,13). The van der Waals surface area contributed by atoms with E-state index in [1.165, 1.54) is 0 Å². The van der Waals surface area contributed by atoms with E-state index in [0.717, 1.165) is 9.88 Å². The van der Waals surface area contributed by atoms with Crippen molar-refractivity contribution in [1.29, 1.82) is 0 Å². The number of carboxylic acid groups (broad SMARTS) is 1. The average Bonchev–Trinajstić information content (AvgIpc) is 2.30. The first-order valence-electron chi connectivity index (χ1n) is 4.49. The Balaban J connectivity index is 2.99. The molecule has 4 heteroatoms. The largest absolute Gasteiger partial charge is 0.481 e. The third-order valence-electron chi connectivity index (χ3n) is 1.85. The molecule has 0 atom stereocenters. The van der Waals surface area contributed by atoms with Gasteiger partial charge < -0.3 is 5.11 Å². The van der Waals surface area contributed by atoms with E-state index in [2.05, 4.69) is 25.8 Å². The summed E-state index contributed by atoms with van der Waals surface area (Å²) in [6.07, 6.45) is 0.0262. The van der Waals surface area contributed by atoms with E-state index in [0.29, 0.717) is 5.69 Å². The Morgan fingerprint density at radius 1 is 1.50 bits per heavy atom. The molecule has 78 valence electrons. The lowest BCUT2D eigenvalue weighted by molar-refractivity contribution is -0.136. The Bertz CT molecular complexity index is 349. The summed E-state index contributed by atoms with van der Waals surface area (Å²) in [5, 5.41) is 9.67. The topological polar surface area (TPSA) is 50.2 Å². The van der Waals surface area contributed by atoms with Gasteiger partial charge in [0, 0.05) is 10.3 Å². The van der Waals surface area contributed by atoms with Gasteiger partial charge in [-0.1, -0.05) is 20.8 Å². The highest BCUT2D eigenvalue weighted by Crippen LogP contribution is 2.28. The van der Waals surface area contributed by atoms with Gasteiger partial charge in [0.05, 0.1) is 17.1 Å². The van der Waals surface area contributed by atoms with E-state index in [1.54, 1.807) is 11.3 Å². The summed E-state index contributed by atoms with van der Waals surface area (Å²) in [6.45, 7) is 8.16. The molecule has 1 rings (SSSR count). The Kier molecular flexibility index (Phi) is 2.95. The van der Waals surface area contributed by atoms with Gasteiger partial charge in [0.15, 0.2) is 0 Å². The van der Waals surface area contributed by atoms with Crippen LogP contribution < -0.4 is 0 Å². The molecule has 0 saturated heterocycles. The van der Waals surface area contributed by atoms with Gasteiger partial charge in [0.2, 0.25) is 0 Å². The maximum absolute atomic E-state index is 10.5. The molecule has 0 fully saturated rings. The van der Waals surface area contributed by atoms with Gasteiger partial charge in [-0.15, -0.1) is 11.3 Å². The van der Waals surface area contributed by atoms with E-state index >= 15 is 0 Å². The molecule has 3 nitrogen and oxygen atoms in total. The SMILES string of the molecule is Cc1sc(C(C)(C)C)nc1CC(=O)O. The average molecular weight is 213 g/mol. The highest BCUT2D eigenvalue weighted by Gasteiger charge is 2.20. The number of nitrogens with zero attached hydrogens (tertiary/aromatic N) is 1. The van der Waals surface area contributed by atoms with Crippen LogP contribution in [0.25, 0.3) is 0 Å². The Labute approximate surface area is 87.8 Å². The van der Waals surface area contributed by atoms with E-state index in [1.807, 2.05) is 6.92 Å². The lowest BCUT2D eigenvalue weighted by Gasteiger charge is -2.13. The normalized spacial score (nSPS) is 11.7. The van der Waals surface area contributed by atoms with Gasteiger partial charge >= 0.3 is 5.97 Å². The van der Waals surface area contributed by atoms with Crippen LogP contribution in [0.5, 0.6) is 0 Å². The quantitative estimate of drug-likeness (QED) is 0.820. The van der Waals surface area contributed by atoms with Crippen LogP contribution in [0.2, 0.25) is 0 Å². The number of hydrogen-bond acceptors (Lipinski definition) is 3. The number of carbonyl (C=O) groups is 1. The lowest BCUT2D eigenvalue weighted by Crippen LogP contribution is -2.11. The minimum absolute atomic E-state index is 0.00613. The number of aliphatic carboxylic acids is 1. The highest BCUT2D eigenvalue weighted by molar-refractivity contribution is 7.11. The third kappa shape index (κ3) is 2.54. The third-order valence-corrected chi connectivity index (χ3v) is 3.29. The predicted octanol–water partition coefficient (Wildman–Crippen LogP) is 2.38. The number of carboxylic acids is 1. The monoisotopic (exact) mass is 213 g/mol. The summed E-state index contributed by atoms with van der Waals surface area (Å²) in [6, 6.07) is 0. The van der Waals surface area contributed by atoms with Gasteiger partial charge in [-0.25, -0.2) is 4.98 Å². The van der Waals surface area contributed by atoms with Crippen molar-refractivity contribution in [1.82, 2.24) is 4.98 Å². The molecule has 0 aliphatic rings. The zero-order valence-corrected chi connectivity index (χ0v) is 9.73. The van der Waals surface area contributed by atoms with Crippen LogP contribution in [-0.2, 0) is 16.6 Å². The smallest absolute Gasteiger partial charge is 0.309 e. The first kappa shape index (κ1) is 11.2. The van der Waals surface area contributed by atoms with Crippen molar-refractivity contribution in [3.63, 3.8) is 0 Å². The van der Waals surface area contributed by atoms with E-state index in [4.69, 9.17) is 5.11 Å². The summed E-state index contributed by atoms with van der Waals surface area (Å²) >= 11 is 1.59. The molecular formula is C10H15NO2S. The molecule has 0 aliphatic heterocycles. The molecule has 1 aromatic heterocycles. The first-order valence-corrected chi connectivity index (χ1v) is 5.31. The number of aromatic nitrogens is 1. The molecule has 0 bridgehead atoms. The fraction of sp³-hybridized carbons (Fsp3) is 0.600. The maximum atomic E-state index is 10.5. The van der Waals surface area contributed by atoms with Crippen molar-refractivity contribution in [3.05, 3.63) is 15.6 Å². The van der Waals surface area contributed by atoms with Gasteiger partial charge in [0.1, 0.15) is 0 Å². The number of hydrogen-bond donors (Lipinski definition) is 1. The molecule has 0 amide bonds. The summed E-state index contributed by atoms with van der Waals surface area (Å²) in [4.78, 5) is 15.9. The number of aryl methyl sites for hydroxylation is 1. The Hall–Kier alpha value is -0.900. The van der Waals surface area contributed by atoms with Crippen molar-refractivity contribution in [2.45, 2.75) is 39.5 Å². The molecule has 0 aromatic carbocycles. The summed E-state index contributed by atoms with van der Waals surface area (Å²) < 4.78 is 0. The van der Waals surface area contributed by atoms with Gasteiger partial charge in [0.25, 0.3) is 0 Å². The molecule has 1 N–H and O–H groups in total. The van der Waals surface area contributed by atoms with Crippen LogP contribution >= 0.6 is 11.3 Å². The Morgan fingerprint density at radius 2 is 2.07 bits per heavy atom. The second kappa shape index (κ2) is 3.69. The zero-order valence-electron chi connectivity index (χ0n) is 8.92. The van der Waals surface area contributed by atoms with Crippen molar-refractivity contribution in [2.24, 2.45) is 0 Å². The minimum Gasteiger partial charge on any atom is -0.481 e. The lowest BCUT2D eigenvalue weighted by atomic mass is 9.98.